The van der Waals surface area contributed by atoms with E-state index < -0.39 is 0 Å². The van der Waals surface area contributed by atoms with E-state index in [0.717, 1.165) is 4.47 Å². The lowest BCUT2D eigenvalue weighted by molar-refractivity contribution is 0.101. The standard InChI is InChI=1S/C11H9BrClN3O/c1-16-6-14-5-10(16)11(17)15-9-3-2-7(13)4-8(9)12/h2-6H,1H3,(H,15,17). The number of amides is 1. The monoisotopic (exact) mass is 313 g/mol. The topological polar surface area (TPSA) is 46.9 Å². The Balaban J connectivity index is 2.22. The third-order valence-corrected chi connectivity index (χ3v) is 3.12. The molecule has 0 aliphatic rings. The SMILES string of the molecule is Cn1cncc1C(=O)Nc1ccc(Cl)cc1Br. The van der Waals surface area contributed by atoms with Gasteiger partial charge in [0.15, 0.2) is 0 Å². The Morgan fingerprint density at radius 2 is 2.29 bits per heavy atom. The molecule has 1 heterocycles. The number of aromatic nitrogens is 2. The zero-order chi connectivity index (χ0) is 12.4. The van der Waals surface area contributed by atoms with Gasteiger partial charge in [0.2, 0.25) is 0 Å². The van der Waals surface area contributed by atoms with Crippen LogP contribution in [-0.4, -0.2) is 15.5 Å². The molecule has 1 N–H and O–H groups in total. The van der Waals surface area contributed by atoms with Gasteiger partial charge < -0.3 is 9.88 Å². The molecule has 0 saturated heterocycles. The number of halogens is 2. The number of aryl methyl sites for hydroxylation is 1. The van der Waals surface area contributed by atoms with Gasteiger partial charge in [-0.2, -0.15) is 0 Å². The second kappa shape index (κ2) is 4.89. The van der Waals surface area contributed by atoms with Crippen molar-refractivity contribution in [3.63, 3.8) is 0 Å². The second-order valence-electron chi connectivity index (χ2n) is 3.47. The molecular weight excluding hydrogens is 305 g/mol. The minimum Gasteiger partial charge on any atom is -0.330 e. The summed E-state index contributed by atoms with van der Waals surface area (Å²) < 4.78 is 2.39. The van der Waals surface area contributed by atoms with E-state index in [-0.39, 0.29) is 5.91 Å². The van der Waals surface area contributed by atoms with Crippen LogP contribution in [0, 0.1) is 0 Å². The van der Waals surface area contributed by atoms with Crippen LogP contribution in [0.4, 0.5) is 5.69 Å². The third-order valence-electron chi connectivity index (χ3n) is 2.23. The summed E-state index contributed by atoms with van der Waals surface area (Å²) in [7, 11) is 1.76. The summed E-state index contributed by atoms with van der Waals surface area (Å²) in [4.78, 5) is 15.8. The molecule has 1 amide bonds. The van der Waals surface area contributed by atoms with E-state index in [1.807, 2.05) is 0 Å². The maximum Gasteiger partial charge on any atom is 0.273 e. The number of nitrogens with one attached hydrogen (secondary N) is 1. The van der Waals surface area contributed by atoms with Gasteiger partial charge in [0, 0.05) is 16.5 Å². The third kappa shape index (κ3) is 2.68. The molecule has 0 bridgehead atoms. The van der Waals surface area contributed by atoms with E-state index in [4.69, 9.17) is 11.6 Å². The molecule has 0 saturated carbocycles. The summed E-state index contributed by atoms with van der Waals surface area (Å²) in [6, 6.07) is 5.17. The normalized spacial score (nSPS) is 10.3. The first-order valence-corrected chi connectivity index (χ1v) is 5.98. The van der Waals surface area contributed by atoms with Crippen LogP contribution >= 0.6 is 27.5 Å². The van der Waals surface area contributed by atoms with Crippen molar-refractivity contribution in [2.75, 3.05) is 5.32 Å². The Morgan fingerprint density at radius 1 is 1.53 bits per heavy atom. The number of nitrogens with zero attached hydrogens (tertiary/aromatic N) is 2. The Bertz CT molecular complexity index is 568. The summed E-state index contributed by atoms with van der Waals surface area (Å²) in [5, 5.41) is 3.38. The fraction of sp³-hybridized carbons (Fsp3) is 0.0909. The van der Waals surface area contributed by atoms with Crippen molar-refractivity contribution < 1.29 is 4.79 Å². The molecule has 2 rings (SSSR count). The highest BCUT2D eigenvalue weighted by Crippen LogP contribution is 2.26. The van der Waals surface area contributed by atoms with Crippen molar-refractivity contribution in [3.05, 3.63) is 45.9 Å². The van der Waals surface area contributed by atoms with Gasteiger partial charge in [-0.3, -0.25) is 4.79 Å². The number of hydrogen-bond donors (Lipinski definition) is 1. The Morgan fingerprint density at radius 3 is 2.88 bits per heavy atom. The van der Waals surface area contributed by atoms with Crippen LogP contribution in [0.2, 0.25) is 5.02 Å². The molecule has 1 aromatic heterocycles. The van der Waals surface area contributed by atoms with Crippen molar-refractivity contribution in [1.29, 1.82) is 0 Å². The van der Waals surface area contributed by atoms with E-state index in [1.165, 1.54) is 6.20 Å². The quantitative estimate of drug-likeness (QED) is 0.926. The lowest BCUT2D eigenvalue weighted by Gasteiger charge is -2.07. The fourth-order valence-corrected chi connectivity index (χ4v) is 2.14. The molecule has 17 heavy (non-hydrogen) atoms. The minimum atomic E-state index is -0.215. The van der Waals surface area contributed by atoms with Crippen molar-refractivity contribution >= 4 is 39.1 Å². The zero-order valence-electron chi connectivity index (χ0n) is 8.95. The number of rotatable bonds is 2. The van der Waals surface area contributed by atoms with Gasteiger partial charge >= 0.3 is 0 Å². The van der Waals surface area contributed by atoms with Gasteiger partial charge in [-0.1, -0.05) is 11.6 Å². The predicted molar refractivity (Wildman–Crippen MR) is 70.3 cm³/mol. The number of anilines is 1. The Labute approximate surface area is 112 Å². The van der Waals surface area contributed by atoms with Gasteiger partial charge in [0.25, 0.3) is 5.91 Å². The van der Waals surface area contributed by atoms with E-state index in [9.17, 15) is 4.79 Å². The highest BCUT2D eigenvalue weighted by Gasteiger charge is 2.11. The lowest BCUT2D eigenvalue weighted by atomic mass is 10.3. The maximum atomic E-state index is 11.9. The van der Waals surface area contributed by atoms with Crippen molar-refractivity contribution in [1.82, 2.24) is 9.55 Å². The molecule has 0 spiro atoms. The van der Waals surface area contributed by atoms with Gasteiger partial charge in [-0.05, 0) is 34.1 Å². The van der Waals surface area contributed by atoms with Crippen LogP contribution in [0.15, 0.2) is 35.2 Å². The van der Waals surface area contributed by atoms with Gasteiger partial charge in [-0.25, -0.2) is 4.98 Å². The maximum absolute atomic E-state index is 11.9. The number of benzene rings is 1. The molecule has 0 radical (unpaired) electrons. The molecular formula is C11H9BrClN3O. The van der Waals surface area contributed by atoms with Crippen LogP contribution in [0.25, 0.3) is 0 Å². The molecule has 6 heteroatoms. The van der Waals surface area contributed by atoms with E-state index >= 15 is 0 Å². The average molecular weight is 315 g/mol. The molecule has 0 unspecified atom stereocenters. The first-order chi connectivity index (χ1) is 8.08. The summed E-state index contributed by atoms with van der Waals surface area (Å²) in [6.07, 6.45) is 3.09. The van der Waals surface area contributed by atoms with E-state index in [2.05, 4.69) is 26.2 Å². The summed E-state index contributed by atoms with van der Waals surface area (Å²) >= 11 is 9.16. The van der Waals surface area contributed by atoms with Crippen LogP contribution in [-0.2, 0) is 7.05 Å². The van der Waals surface area contributed by atoms with Crippen molar-refractivity contribution in [2.45, 2.75) is 0 Å². The minimum absolute atomic E-state index is 0.215. The number of carbonyl (C=O) groups is 1. The summed E-state index contributed by atoms with van der Waals surface area (Å²) in [5.41, 5.74) is 1.16. The summed E-state index contributed by atoms with van der Waals surface area (Å²) in [5.74, 6) is -0.215. The van der Waals surface area contributed by atoms with Crippen LogP contribution in [0.5, 0.6) is 0 Å². The molecule has 2 aromatic rings. The summed E-state index contributed by atoms with van der Waals surface area (Å²) in [6.45, 7) is 0. The number of hydrogen-bond acceptors (Lipinski definition) is 2. The van der Waals surface area contributed by atoms with Crippen LogP contribution in [0.3, 0.4) is 0 Å². The Kier molecular flexibility index (Phi) is 3.49. The second-order valence-corrected chi connectivity index (χ2v) is 4.76. The predicted octanol–water partition coefficient (Wildman–Crippen LogP) is 3.09. The molecule has 88 valence electrons. The number of carbonyl (C=O) groups excluding carboxylic acids is 1. The fourth-order valence-electron chi connectivity index (χ4n) is 1.35. The largest absolute Gasteiger partial charge is 0.330 e. The van der Waals surface area contributed by atoms with Crippen molar-refractivity contribution in [3.8, 4) is 0 Å². The Hall–Kier alpha value is -1.33. The van der Waals surface area contributed by atoms with E-state index in [0.29, 0.717) is 16.4 Å². The molecule has 4 nitrogen and oxygen atoms in total. The molecule has 0 aliphatic carbocycles. The first kappa shape index (κ1) is 12.1. The highest BCUT2D eigenvalue weighted by molar-refractivity contribution is 9.10. The van der Waals surface area contributed by atoms with Gasteiger partial charge in [-0.15, -0.1) is 0 Å². The first-order valence-electron chi connectivity index (χ1n) is 4.80. The number of imidazole rings is 1. The molecule has 0 fully saturated rings. The van der Waals surface area contributed by atoms with E-state index in [1.54, 1.807) is 36.1 Å². The lowest BCUT2D eigenvalue weighted by Crippen LogP contribution is -2.15. The van der Waals surface area contributed by atoms with Crippen LogP contribution < -0.4 is 5.32 Å². The highest BCUT2D eigenvalue weighted by atomic mass is 79.9. The van der Waals surface area contributed by atoms with Crippen molar-refractivity contribution in [2.24, 2.45) is 7.05 Å². The molecule has 0 aliphatic heterocycles. The van der Waals surface area contributed by atoms with Gasteiger partial charge in [0.1, 0.15) is 5.69 Å². The smallest absolute Gasteiger partial charge is 0.273 e. The van der Waals surface area contributed by atoms with Gasteiger partial charge in [0.05, 0.1) is 18.2 Å². The average Bonchev–Trinajstić information content (AvgIpc) is 2.68. The zero-order valence-corrected chi connectivity index (χ0v) is 11.3. The molecule has 0 atom stereocenters. The molecule has 1 aromatic carbocycles. The van der Waals surface area contributed by atoms with Crippen LogP contribution in [0.1, 0.15) is 10.5 Å².